The van der Waals surface area contributed by atoms with Crippen LogP contribution in [0.25, 0.3) is 0 Å². The van der Waals surface area contributed by atoms with E-state index in [0.29, 0.717) is 10.6 Å². The van der Waals surface area contributed by atoms with Gasteiger partial charge in [0.25, 0.3) is 0 Å². The van der Waals surface area contributed by atoms with Gasteiger partial charge in [-0.3, -0.25) is 4.79 Å². The zero-order chi connectivity index (χ0) is 22.6. The largest absolute Gasteiger partial charge is 0.388 e. The number of aliphatic hydroxyl groups is 2. The summed E-state index contributed by atoms with van der Waals surface area (Å²) in [6.45, 7) is -0.133. The average Bonchev–Trinajstić information content (AvgIpc) is 3.00. The lowest BCUT2D eigenvalue weighted by molar-refractivity contribution is -0.125. The molecule has 0 saturated carbocycles. The molecule has 2 aromatic carbocycles. The zero-order valence-electron chi connectivity index (χ0n) is 16.2. The van der Waals surface area contributed by atoms with Crippen molar-refractivity contribution in [3.63, 3.8) is 0 Å². The van der Waals surface area contributed by atoms with Gasteiger partial charge in [0.05, 0.1) is 17.4 Å². The minimum atomic E-state index is -3.88. The number of carbonyl (C=O) groups excluding carboxylic acids is 1. The van der Waals surface area contributed by atoms with E-state index in [1.165, 1.54) is 48.5 Å². The van der Waals surface area contributed by atoms with Crippen molar-refractivity contribution in [2.45, 2.75) is 42.3 Å². The molecule has 1 amide bonds. The van der Waals surface area contributed by atoms with Gasteiger partial charge in [0, 0.05) is 18.1 Å². The van der Waals surface area contributed by atoms with Crippen molar-refractivity contribution in [2.75, 3.05) is 6.54 Å². The number of rotatable bonds is 8. The van der Waals surface area contributed by atoms with Gasteiger partial charge in [-0.15, -0.1) is 0 Å². The van der Waals surface area contributed by atoms with Crippen molar-refractivity contribution in [3.8, 4) is 0 Å². The molecule has 0 aromatic heterocycles. The first-order chi connectivity index (χ1) is 14.7. The number of benzene rings is 2. The fourth-order valence-corrected chi connectivity index (χ4v) is 4.28. The predicted molar refractivity (Wildman–Crippen MR) is 110 cm³/mol. The van der Waals surface area contributed by atoms with E-state index in [1.807, 2.05) is 0 Å². The highest BCUT2D eigenvalue weighted by Gasteiger charge is 2.43. The summed E-state index contributed by atoms with van der Waals surface area (Å²) in [6, 6.07) is 11.1. The lowest BCUT2D eigenvalue weighted by atomic mass is 10.1. The van der Waals surface area contributed by atoms with E-state index in [-0.39, 0.29) is 30.2 Å². The molecule has 168 valence electrons. The summed E-state index contributed by atoms with van der Waals surface area (Å²) in [6.07, 6.45) is -5.01. The summed E-state index contributed by atoms with van der Waals surface area (Å²) in [4.78, 5) is 12.1. The molecule has 31 heavy (non-hydrogen) atoms. The Morgan fingerprint density at radius 3 is 2.29 bits per heavy atom. The SMILES string of the molecule is O=C(C[C@@H]1O[C@H](CNS(=O)(=O)c2ccc(Cl)cc2)[C@@H](O)[C@H]1O)NCc1ccc(F)cc1. The molecule has 1 aliphatic rings. The van der Waals surface area contributed by atoms with Gasteiger partial charge in [0.1, 0.15) is 24.1 Å². The number of sulfonamides is 1. The van der Waals surface area contributed by atoms with E-state index < -0.39 is 40.3 Å². The second-order valence-corrected chi connectivity index (χ2v) is 9.31. The highest BCUT2D eigenvalue weighted by molar-refractivity contribution is 7.89. The standard InChI is InChI=1S/C20H22ClFN2O6S/c21-13-3-7-15(8-4-13)31(28,29)24-11-17-20(27)19(26)16(30-17)9-18(25)23-10-12-1-5-14(22)6-2-12/h1-8,16-17,19-20,24,26-27H,9-11H2,(H,23,25)/t16-,17+,19-,20+/m0/s1. The van der Waals surface area contributed by atoms with Crippen molar-refractivity contribution in [1.29, 1.82) is 0 Å². The second-order valence-electron chi connectivity index (χ2n) is 7.11. The third-order valence-electron chi connectivity index (χ3n) is 4.85. The molecule has 0 radical (unpaired) electrons. The molecule has 1 saturated heterocycles. The second kappa shape index (κ2) is 10.0. The van der Waals surface area contributed by atoms with Gasteiger partial charge < -0.3 is 20.3 Å². The molecule has 1 aliphatic heterocycles. The number of halogens is 2. The van der Waals surface area contributed by atoms with Gasteiger partial charge in [0.2, 0.25) is 15.9 Å². The van der Waals surface area contributed by atoms with Crippen molar-refractivity contribution in [1.82, 2.24) is 10.0 Å². The Labute approximate surface area is 184 Å². The van der Waals surface area contributed by atoms with Crippen molar-refractivity contribution >= 4 is 27.5 Å². The van der Waals surface area contributed by atoms with Crippen molar-refractivity contribution in [2.24, 2.45) is 0 Å². The maximum absolute atomic E-state index is 12.9. The quantitative estimate of drug-likeness (QED) is 0.453. The van der Waals surface area contributed by atoms with Crippen LogP contribution in [0.4, 0.5) is 4.39 Å². The van der Waals surface area contributed by atoms with Crippen LogP contribution in [-0.4, -0.2) is 55.5 Å². The third-order valence-corrected chi connectivity index (χ3v) is 6.54. The van der Waals surface area contributed by atoms with Crippen LogP contribution in [0.1, 0.15) is 12.0 Å². The van der Waals surface area contributed by atoms with E-state index in [2.05, 4.69) is 10.0 Å². The van der Waals surface area contributed by atoms with Gasteiger partial charge in [-0.25, -0.2) is 17.5 Å². The summed E-state index contributed by atoms with van der Waals surface area (Å²) in [5.41, 5.74) is 0.692. The van der Waals surface area contributed by atoms with Crippen LogP contribution in [0.5, 0.6) is 0 Å². The maximum atomic E-state index is 12.9. The molecule has 2 aromatic rings. The summed E-state index contributed by atoms with van der Waals surface area (Å²) in [5.74, 6) is -0.827. The summed E-state index contributed by atoms with van der Waals surface area (Å²) in [5, 5.41) is 23.4. The Morgan fingerprint density at radius 1 is 1.03 bits per heavy atom. The van der Waals surface area contributed by atoms with Crippen LogP contribution in [0.15, 0.2) is 53.4 Å². The van der Waals surface area contributed by atoms with Crippen molar-refractivity contribution in [3.05, 3.63) is 64.9 Å². The van der Waals surface area contributed by atoms with Gasteiger partial charge in [-0.1, -0.05) is 23.7 Å². The van der Waals surface area contributed by atoms with E-state index in [0.717, 1.165) is 0 Å². The van der Waals surface area contributed by atoms with Gasteiger partial charge in [-0.2, -0.15) is 0 Å². The number of hydrogen-bond donors (Lipinski definition) is 4. The smallest absolute Gasteiger partial charge is 0.240 e. The van der Waals surface area contributed by atoms with Crippen LogP contribution in [0.2, 0.25) is 5.02 Å². The number of carbonyl (C=O) groups is 1. The topological polar surface area (TPSA) is 125 Å². The minimum Gasteiger partial charge on any atom is -0.388 e. The van der Waals surface area contributed by atoms with E-state index >= 15 is 0 Å². The molecule has 1 heterocycles. The molecular formula is C20H22ClFN2O6S. The van der Waals surface area contributed by atoms with Crippen LogP contribution < -0.4 is 10.0 Å². The third kappa shape index (κ3) is 6.22. The molecule has 0 spiro atoms. The first kappa shape index (κ1) is 23.6. The highest BCUT2D eigenvalue weighted by atomic mass is 35.5. The Bertz CT molecular complexity index is 1000. The fraction of sp³-hybridized carbons (Fsp3) is 0.350. The summed E-state index contributed by atoms with van der Waals surface area (Å²) >= 11 is 5.75. The number of hydrogen-bond acceptors (Lipinski definition) is 6. The molecule has 0 aliphatic carbocycles. The van der Waals surface area contributed by atoms with Crippen LogP contribution in [-0.2, 0) is 26.1 Å². The number of amides is 1. The number of nitrogens with one attached hydrogen (secondary N) is 2. The Morgan fingerprint density at radius 2 is 1.65 bits per heavy atom. The van der Waals surface area contributed by atoms with Gasteiger partial charge in [0.15, 0.2) is 0 Å². The summed E-state index contributed by atoms with van der Waals surface area (Å²) < 4.78 is 45.4. The van der Waals surface area contributed by atoms with Gasteiger partial charge in [-0.05, 0) is 42.0 Å². The molecule has 0 unspecified atom stereocenters. The maximum Gasteiger partial charge on any atom is 0.240 e. The Kier molecular flexibility index (Phi) is 7.63. The van der Waals surface area contributed by atoms with Crippen LogP contribution in [0.3, 0.4) is 0 Å². The lowest BCUT2D eigenvalue weighted by Crippen LogP contribution is -2.40. The van der Waals surface area contributed by atoms with Gasteiger partial charge >= 0.3 is 0 Å². The fourth-order valence-electron chi connectivity index (χ4n) is 3.11. The van der Waals surface area contributed by atoms with Crippen LogP contribution in [0, 0.1) is 5.82 Å². The first-order valence-electron chi connectivity index (χ1n) is 9.43. The monoisotopic (exact) mass is 472 g/mol. The molecule has 8 nitrogen and oxygen atoms in total. The molecule has 4 atom stereocenters. The normalized spacial score (nSPS) is 23.6. The van der Waals surface area contributed by atoms with E-state index in [1.54, 1.807) is 0 Å². The minimum absolute atomic E-state index is 0.0124. The molecule has 0 bridgehead atoms. The first-order valence-corrected chi connectivity index (χ1v) is 11.3. The average molecular weight is 473 g/mol. The molecule has 3 rings (SSSR count). The van der Waals surface area contributed by atoms with Crippen molar-refractivity contribution < 1.29 is 32.6 Å². The van der Waals surface area contributed by atoms with Crippen LogP contribution >= 0.6 is 11.6 Å². The predicted octanol–water partition coefficient (Wildman–Crippen LogP) is 0.953. The van der Waals surface area contributed by atoms with E-state index in [4.69, 9.17) is 16.3 Å². The zero-order valence-corrected chi connectivity index (χ0v) is 17.8. The molecule has 11 heteroatoms. The highest BCUT2D eigenvalue weighted by Crippen LogP contribution is 2.24. The number of aliphatic hydroxyl groups excluding tert-OH is 2. The summed E-state index contributed by atoms with van der Waals surface area (Å²) in [7, 11) is -3.88. The Balaban J connectivity index is 1.51. The molecule has 1 fully saturated rings. The van der Waals surface area contributed by atoms with E-state index in [9.17, 15) is 27.8 Å². The number of ether oxygens (including phenoxy) is 1. The molecule has 4 N–H and O–H groups in total. The molecular weight excluding hydrogens is 451 g/mol. The Hall–Kier alpha value is -2.08. The lowest BCUT2D eigenvalue weighted by Gasteiger charge is -2.15.